The Hall–Kier alpha value is -3.73. The zero-order chi connectivity index (χ0) is 26.6. The first-order chi connectivity index (χ1) is 17.7. The molecule has 0 amide bonds. The molecule has 1 N–H and O–H groups in total. The lowest BCUT2D eigenvalue weighted by Gasteiger charge is -2.14. The molecule has 0 bridgehead atoms. The molecule has 196 valence electrons. The Morgan fingerprint density at radius 1 is 1.27 bits per heavy atom. The highest BCUT2D eigenvalue weighted by Gasteiger charge is 2.31. The fourth-order valence-electron chi connectivity index (χ4n) is 4.08. The van der Waals surface area contributed by atoms with Crippen LogP contribution in [-0.4, -0.2) is 37.8 Å². The van der Waals surface area contributed by atoms with Gasteiger partial charge in [-0.1, -0.05) is 30.7 Å². The Bertz CT molecular complexity index is 1330. The number of anilines is 2. The van der Waals surface area contributed by atoms with Gasteiger partial charge < -0.3 is 19.4 Å². The highest BCUT2D eigenvalue weighted by atomic mass is 35.5. The lowest BCUT2D eigenvalue weighted by atomic mass is 9.94. The van der Waals surface area contributed by atoms with Gasteiger partial charge in [0.1, 0.15) is 28.8 Å². The number of nitrogens with zero attached hydrogens (tertiary/aromatic N) is 5. The molecule has 0 saturated carbocycles. The molecule has 1 atom stereocenters. The second kappa shape index (κ2) is 11.1. The van der Waals surface area contributed by atoms with E-state index in [4.69, 9.17) is 21.3 Å². The topological polar surface area (TPSA) is 79.0 Å². The van der Waals surface area contributed by atoms with Crippen molar-refractivity contribution in [3.63, 3.8) is 0 Å². The molecule has 0 fully saturated rings. The molecule has 0 spiro atoms. The van der Waals surface area contributed by atoms with Crippen LogP contribution < -0.4 is 10.1 Å². The third-order valence-electron chi connectivity index (χ3n) is 5.82. The van der Waals surface area contributed by atoms with Crippen LogP contribution in [0.1, 0.15) is 37.9 Å². The van der Waals surface area contributed by atoms with Crippen LogP contribution in [0.25, 0.3) is 5.69 Å². The standard InChI is InChI=1S/C25H26ClF3N6O2/c1-4-18(37-25(27,28)29)10-8-16(2)19-7-5-6-12-35-23(19)32-24(33-35)31-17-9-11-20(21(13-17)36-3)34-14-22(26)30-15-34/h4,8-11,13-15,19H,2,5-7,12H2,1,3H3,(H,31,33)/b10-8-,18-4+/t19-/m0/s1. The molecule has 4 rings (SSSR count). The van der Waals surface area contributed by atoms with Crippen molar-refractivity contribution in [2.45, 2.75) is 45.0 Å². The number of allylic oxidation sites excluding steroid dienone is 4. The van der Waals surface area contributed by atoms with Crippen molar-refractivity contribution in [2.75, 3.05) is 12.4 Å². The fraction of sp³-hybridized carbons (Fsp3) is 0.320. The molecule has 3 aromatic rings. The average Bonchev–Trinajstić information content (AvgIpc) is 3.41. The van der Waals surface area contributed by atoms with Gasteiger partial charge in [0.15, 0.2) is 0 Å². The summed E-state index contributed by atoms with van der Waals surface area (Å²) in [6.07, 6.45) is 5.13. The van der Waals surface area contributed by atoms with Crippen LogP contribution >= 0.6 is 11.6 Å². The maximum absolute atomic E-state index is 12.6. The Labute approximate surface area is 217 Å². The van der Waals surface area contributed by atoms with Gasteiger partial charge in [-0.05, 0) is 49.6 Å². The smallest absolute Gasteiger partial charge is 0.494 e. The number of hydrogen-bond donors (Lipinski definition) is 1. The number of methoxy groups -OCH3 is 1. The summed E-state index contributed by atoms with van der Waals surface area (Å²) in [5, 5.41) is 8.19. The van der Waals surface area contributed by atoms with Gasteiger partial charge in [-0.15, -0.1) is 18.3 Å². The zero-order valence-corrected chi connectivity index (χ0v) is 21.1. The third-order valence-corrected chi connectivity index (χ3v) is 6.01. The number of imidazole rings is 1. The van der Waals surface area contributed by atoms with Gasteiger partial charge in [0.05, 0.1) is 12.8 Å². The zero-order valence-electron chi connectivity index (χ0n) is 20.3. The van der Waals surface area contributed by atoms with E-state index in [-0.39, 0.29) is 11.7 Å². The van der Waals surface area contributed by atoms with E-state index in [1.165, 1.54) is 25.2 Å². The number of halogens is 4. The molecule has 1 aromatic carbocycles. The van der Waals surface area contributed by atoms with E-state index < -0.39 is 6.36 Å². The van der Waals surface area contributed by atoms with E-state index in [9.17, 15) is 13.2 Å². The highest BCUT2D eigenvalue weighted by Crippen LogP contribution is 2.34. The SMILES string of the molecule is C=C(/C=C\C(=C/C)OC(F)(F)F)[C@@H]1CCCCn2nc(Nc3ccc(-n4cnc(Cl)c4)c(OC)c3)nc21. The summed E-state index contributed by atoms with van der Waals surface area (Å²) >= 11 is 5.94. The summed E-state index contributed by atoms with van der Waals surface area (Å²) in [5.41, 5.74) is 2.10. The van der Waals surface area contributed by atoms with Crippen LogP contribution in [-0.2, 0) is 11.3 Å². The highest BCUT2D eigenvalue weighted by molar-refractivity contribution is 6.29. The summed E-state index contributed by atoms with van der Waals surface area (Å²) in [6, 6.07) is 5.53. The normalized spacial score (nSPS) is 16.4. The summed E-state index contributed by atoms with van der Waals surface area (Å²) in [4.78, 5) is 8.73. The molecule has 12 heteroatoms. The molecule has 0 radical (unpaired) electrons. The number of fused-ring (bicyclic) bond motifs is 1. The lowest BCUT2D eigenvalue weighted by Crippen LogP contribution is -2.12. The maximum atomic E-state index is 12.6. The molecule has 8 nitrogen and oxygen atoms in total. The second-order valence-corrected chi connectivity index (χ2v) is 8.71. The van der Waals surface area contributed by atoms with Gasteiger partial charge >= 0.3 is 6.36 Å². The molecule has 3 heterocycles. The van der Waals surface area contributed by atoms with Gasteiger partial charge in [-0.3, -0.25) is 0 Å². The van der Waals surface area contributed by atoms with E-state index in [0.717, 1.165) is 24.9 Å². The monoisotopic (exact) mass is 534 g/mol. The van der Waals surface area contributed by atoms with E-state index in [0.29, 0.717) is 40.5 Å². The predicted octanol–water partition coefficient (Wildman–Crippen LogP) is 6.69. The first-order valence-electron chi connectivity index (χ1n) is 11.6. The minimum atomic E-state index is -4.76. The molecule has 0 aliphatic carbocycles. The molecule has 0 unspecified atom stereocenters. The van der Waals surface area contributed by atoms with Gasteiger partial charge in [0.25, 0.3) is 0 Å². The van der Waals surface area contributed by atoms with Gasteiger partial charge in [0.2, 0.25) is 5.95 Å². The number of aryl methyl sites for hydroxylation is 1. The van der Waals surface area contributed by atoms with Gasteiger partial charge in [0, 0.05) is 30.4 Å². The molecule has 2 aromatic heterocycles. The second-order valence-electron chi connectivity index (χ2n) is 8.33. The van der Waals surface area contributed by atoms with Crippen molar-refractivity contribution < 1.29 is 22.6 Å². The van der Waals surface area contributed by atoms with Crippen LogP contribution in [0.4, 0.5) is 24.8 Å². The van der Waals surface area contributed by atoms with E-state index >= 15 is 0 Å². The molecular weight excluding hydrogens is 509 g/mol. The fourth-order valence-corrected chi connectivity index (χ4v) is 4.23. The number of benzene rings is 1. The predicted molar refractivity (Wildman–Crippen MR) is 134 cm³/mol. The minimum Gasteiger partial charge on any atom is -0.494 e. The summed E-state index contributed by atoms with van der Waals surface area (Å²) < 4.78 is 50.9. The average molecular weight is 535 g/mol. The van der Waals surface area contributed by atoms with Crippen molar-refractivity contribution in [2.24, 2.45) is 0 Å². The summed E-state index contributed by atoms with van der Waals surface area (Å²) in [6.45, 7) is 6.24. The third kappa shape index (κ3) is 6.53. The van der Waals surface area contributed by atoms with E-state index in [2.05, 4.69) is 26.7 Å². The number of alkyl halides is 3. The van der Waals surface area contributed by atoms with Crippen molar-refractivity contribution in [1.29, 1.82) is 0 Å². The first kappa shape index (κ1) is 26.3. The van der Waals surface area contributed by atoms with Gasteiger partial charge in [-0.2, -0.15) is 4.98 Å². The number of hydrogen-bond acceptors (Lipinski definition) is 6. The quantitative estimate of drug-likeness (QED) is 0.256. The van der Waals surface area contributed by atoms with Gasteiger partial charge in [-0.25, -0.2) is 9.67 Å². The van der Waals surface area contributed by atoms with Crippen LogP contribution in [0.15, 0.2) is 66.9 Å². The first-order valence-corrected chi connectivity index (χ1v) is 11.9. The number of ether oxygens (including phenoxy) is 2. The maximum Gasteiger partial charge on any atom is 0.573 e. The molecular formula is C25H26ClF3N6O2. The molecule has 1 aliphatic heterocycles. The van der Waals surface area contributed by atoms with Crippen LogP contribution in [0.3, 0.4) is 0 Å². The molecule has 1 aliphatic rings. The Morgan fingerprint density at radius 3 is 2.76 bits per heavy atom. The van der Waals surface area contributed by atoms with Crippen molar-refractivity contribution >= 4 is 23.2 Å². The summed E-state index contributed by atoms with van der Waals surface area (Å²) in [7, 11) is 1.57. The lowest BCUT2D eigenvalue weighted by molar-refractivity contribution is -0.303. The molecule has 0 saturated heterocycles. The van der Waals surface area contributed by atoms with Crippen LogP contribution in [0, 0.1) is 0 Å². The Kier molecular flexibility index (Phi) is 7.91. The largest absolute Gasteiger partial charge is 0.573 e. The van der Waals surface area contributed by atoms with Crippen LogP contribution in [0.2, 0.25) is 5.15 Å². The summed E-state index contributed by atoms with van der Waals surface area (Å²) in [5.74, 6) is 1.19. The minimum absolute atomic E-state index is 0.200. The van der Waals surface area contributed by atoms with Crippen molar-refractivity contribution in [1.82, 2.24) is 24.3 Å². The van der Waals surface area contributed by atoms with E-state index in [1.54, 1.807) is 24.2 Å². The van der Waals surface area contributed by atoms with Crippen molar-refractivity contribution in [3.05, 3.63) is 77.8 Å². The van der Waals surface area contributed by atoms with Crippen LogP contribution in [0.5, 0.6) is 5.75 Å². The Morgan fingerprint density at radius 2 is 2.08 bits per heavy atom. The number of nitrogens with one attached hydrogen (secondary N) is 1. The van der Waals surface area contributed by atoms with E-state index in [1.807, 2.05) is 22.9 Å². The van der Waals surface area contributed by atoms with Crippen molar-refractivity contribution in [3.8, 4) is 11.4 Å². The Balaban J connectivity index is 1.54. The number of aromatic nitrogens is 5. The molecule has 37 heavy (non-hydrogen) atoms. The number of rotatable bonds is 8.